The van der Waals surface area contributed by atoms with Gasteiger partial charge in [-0.15, -0.1) is 12.4 Å². The van der Waals surface area contributed by atoms with Crippen molar-refractivity contribution in [2.24, 2.45) is 0 Å². The zero-order valence-electron chi connectivity index (χ0n) is 14.4. The van der Waals surface area contributed by atoms with E-state index in [1.807, 2.05) is 38.2 Å². The normalized spacial score (nSPS) is 9.96. The van der Waals surface area contributed by atoms with Gasteiger partial charge in [0, 0.05) is 24.8 Å². The van der Waals surface area contributed by atoms with Crippen LogP contribution in [0.5, 0.6) is 5.75 Å². The van der Waals surface area contributed by atoms with Gasteiger partial charge in [0.05, 0.1) is 7.11 Å². The third-order valence-corrected chi connectivity index (χ3v) is 3.99. The molecule has 2 N–H and O–H groups in total. The monoisotopic (exact) mass is 348 g/mol. The number of aryl methyl sites for hydroxylation is 2. The van der Waals surface area contributed by atoms with E-state index in [1.54, 1.807) is 18.1 Å². The van der Waals surface area contributed by atoms with E-state index < -0.39 is 0 Å². The number of carbonyl (C=O) groups is 1. The van der Waals surface area contributed by atoms with Crippen LogP contribution >= 0.6 is 12.4 Å². The van der Waals surface area contributed by atoms with Crippen molar-refractivity contribution < 1.29 is 9.53 Å². The Morgan fingerprint density at radius 1 is 1.17 bits per heavy atom. The van der Waals surface area contributed by atoms with Crippen LogP contribution in [0.15, 0.2) is 42.5 Å². The van der Waals surface area contributed by atoms with Crippen LogP contribution < -0.4 is 10.5 Å². The van der Waals surface area contributed by atoms with E-state index in [1.165, 1.54) is 5.56 Å². The summed E-state index contributed by atoms with van der Waals surface area (Å²) in [7, 11) is 3.49. The Balaban J connectivity index is 0.00000288. The van der Waals surface area contributed by atoms with Crippen molar-refractivity contribution in [3.05, 3.63) is 59.2 Å². The van der Waals surface area contributed by atoms with Crippen LogP contribution in [0.25, 0.3) is 0 Å². The molecule has 24 heavy (non-hydrogen) atoms. The molecule has 0 aliphatic heterocycles. The summed E-state index contributed by atoms with van der Waals surface area (Å²) < 4.78 is 5.15. The topological polar surface area (TPSA) is 55.6 Å². The number of nitrogen functional groups attached to an aromatic ring is 1. The number of hydrogen-bond acceptors (Lipinski definition) is 3. The quantitative estimate of drug-likeness (QED) is 0.809. The summed E-state index contributed by atoms with van der Waals surface area (Å²) in [4.78, 5) is 14.1. The molecule has 0 unspecified atom stereocenters. The predicted molar refractivity (Wildman–Crippen MR) is 101 cm³/mol. The van der Waals surface area contributed by atoms with E-state index in [0.29, 0.717) is 17.8 Å². The second kappa shape index (κ2) is 9.18. The summed E-state index contributed by atoms with van der Waals surface area (Å²) >= 11 is 0. The lowest BCUT2D eigenvalue weighted by Gasteiger charge is -2.17. The lowest BCUT2D eigenvalue weighted by molar-refractivity contribution is 0.0793. The van der Waals surface area contributed by atoms with Crippen molar-refractivity contribution in [3.63, 3.8) is 0 Å². The number of nitrogens with two attached hydrogens (primary N) is 1. The van der Waals surface area contributed by atoms with Crippen molar-refractivity contribution in [2.45, 2.75) is 19.8 Å². The molecule has 2 aromatic carbocycles. The molecule has 0 heterocycles. The van der Waals surface area contributed by atoms with Gasteiger partial charge in [-0.2, -0.15) is 0 Å². The molecule has 130 valence electrons. The first-order chi connectivity index (χ1) is 11.0. The van der Waals surface area contributed by atoms with E-state index in [4.69, 9.17) is 10.5 Å². The number of rotatable bonds is 6. The number of amides is 1. The summed E-state index contributed by atoms with van der Waals surface area (Å²) in [6.07, 6.45) is 1.84. The van der Waals surface area contributed by atoms with Crippen LogP contribution in [0.2, 0.25) is 0 Å². The number of nitrogens with zero attached hydrogens (tertiary/aromatic N) is 1. The molecule has 0 aromatic heterocycles. The highest BCUT2D eigenvalue weighted by Crippen LogP contribution is 2.15. The zero-order valence-corrected chi connectivity index (χ0v) is 15.2. The summed E-state index contributed by atoms with van der Waals surface area (Å²) in [6.45, 7) is 2.64. The lowest BCUT2D eigenvalue weighted by Crippen LogP contribution is -2.28. The SMILES string of the molecule is COc1ccc(CCCN(C)C(=O)c2ccc(C)c(N)c2)cc1.Cl. The maximum atomic E-state index is 12.4. The van der Waals surface area contributed by atoms with Gasteiger partial charge in [0.2, 0.25) is 0 Å². The first-order valence-electron chi connectivity index (χ1n) is 7.76. The number of carbonyl (C=O) groups excluding carboxylic acids is 1. The van der Waals surface area contributed by atoms with Gasteiger partial charge < -0.3 is 15.4 Å². The number of hydrogen-bond donors (Lipinski definition) is 1. The lowest BCUT2D eigenvalue weighted by atomic mass is 10.1. The molecule has 1 amide bonds. The number of ether oxygens (including phenoxy) is 1. The average Bonchev–Trinajstić information content (AvgIpc) is 2.57. The fourth-order valence-corrected chi connectivity index (χ4v) is 2.41. The van der Waals surface area contributed by atoms with Gasteiger partial charge in [-0.05, 0) is 55.2 Å². The van der Waals surface area contributed by atoms with Crippen LogP contribution in [0.3, 0.4) is 0 Å². The molecule has 4 nitrogen and oxygen atoms in total. The van der Waals surface area contributed by atoms with Crippen LogP contribution in [0, 0.1) is 6.92 Å². The maximum absolute atomic E-state index is 12.4. The van der Waals surface area contributed by atoms with E-state index >= 15 is 0 Å². The fraction of sp³-hybridized carbons (Fsp3) is 0.316. The van der Waals surface area contributed by atoms with Crippen molar-refractivity contribution in [3.8, 4) is 5.75 Å². The average molecular weight is 349 g/mol. The van der Waals surface area contributed by atoms with E-state index in [9.17, 15) is 4.79 Å². The highest BCUT2D eigenvalue weighted by molar-refractivity contribution is 5.95. The summed E-state index contributed by atoms with van der Waals surface area (Å²) in [6, 6.07) is 13.5. The minimum Gasteiger partial charge on any atom is -0.497 e. The minimum absolute atomic E-state index is 0. The Morgan fingerprint density at radius 3 is 2.42 bits per heavy atom. The molecule has 5 heteroatoms. The second-order valence-corrected chi connectivity index (χ2v) is 5.75. The Labute approximate surface area is 150 Å². The van der Waals surface area contributed by atoms with Gasteiger partial charge in [-0.3, -0.25) is 4.79 Å². The summed E-state index contributed by atoms with van der Waals surface area (Å²) in [5.41, 5.74) is 9.40. The van der Waals surface area contributed by atoms with E-state index in [-0.39, 0.29) is 18.3 Å². The minimum atomic E-state index is 0. The molecule has 0 radical (unpaired) electrons. The standard InChI is InChI=1S/C19H24N2O2.ClH/c1-14-6-9-16(13-18(14)20)19(22)21(2)12-4-5-15-7-10-17(23-3)11-8-15;/h6-11,13H,4-5,12,20H2,1-3H3;1H. The number of halogens is 1. The van der Waals surface area contributed by atoms with E-state index in [0.717, 1.165) is 24.2 Å². The second-order valence-electron chi connectivity index (χ2n) is 5.75. The Hall–Kier alpha value is -2.20. The molecule has 0 aliphatic carbocycles. The molecule has 0 saturated carbocycles. The predicted octanol–water partition coefficient (Wildman–Crippen LogP) is 3.71. The molecule has 0 aliphatic rings. The fourth-order valence-electron chi connectivity index (χ4n) is 2.41. The largest absolute Gasteiger partial charge is 0.497 e. The van der Waals surface area contributed by atoms with Crippen LogP contribution in [0.1, 0.15) is 27.9 Å². The zero-order chi connectivity index (χ0) is 16.8. The Morgan fingerprint density at radius 2 is 1.83 bits per heavy atom. The first kappa shape index (κ1) is 19.8. The van der Waals surface area contributed by atoms with Crippen molar-refractivity contribution in [1.82, 2.24) is 4.90 Å². The first-order valence-corrected chi connectivity index (χ1v) is 7.76. The van der Waals surface area contributed by atoms with Gasteiger partial charge in [0.15, 0.2) is 0 Å². The van der Waals surface area contributed by atoms with Crippen LogP contribution in [-0.2, 0) is 6.42 Å². The molecule has 0 atom stereocenters. The summed E-state index contributed by atoms with van der Waals surface area (Å²) in [5.74, 6) is 0.865. The molecule has 0 saturated heterocycles. The number of benzene rings is 2. The summed E-state index contributed by atoms with van der Waals surface area (Å²) in [5, 5.41) is 0. The van der Waals surface area contributed by atoms with Crippen LogP contribution in [-0.4, -0.2) is 31.5 Å². The van der Waals surface area contributed by atoms with Crippen LogP contribution in [0.4, 0.5) is 5.69 Å². The smallest absolute Gasteiger partial charge is 0.253 e. The molecular weight excluding hydrogens is 324 g/mol. The van der Waals surface area contributed by atoms with Crippen molar-refractivity contribution >= 4 is 24.0 Å². The van der Waals surface area contributed by atoms with Gasteiger partial charge in [0.1, 0.15) is 5.75 Å². The Bertz CT molecular complexity index is 672. The number of anilines is 1. The highest BCUT2D eigenvalue weighted by atomic mass is 35.5. The highest BCUT2D eigenvalue weighted by Gasteiger charge is 2.12. The molecule has 0 spiro atoms. The molecule has 2 aromatic rings. The third-order valence-electron chi connectivity index (χ3n) is 3.99. The Kier molecular flexibility index (Phi) is 7.59. The molecule has 2 rings (SSSR count). The molecule has 0 bridgehead atoms. The van der Waals surface area contributed by atoms with E-state index in [2.05, 4.69) is 12.1 Å². The van der Waals surface area contributed by atoms with Crippen molar-refractivity contribution in [2.75, 3.05) is 26.4 Å². The van der Waals surface area contributed by atoms with Gasteiger partial charge in [0.25, 0.3) is 5.91 Å². The van der Waals surface area contributed by atoms with Gasteiger partial charge >= 0.3 is 0 Å². The molecule has 0 fully saturated rings. The molecular formula is C19H25ClN2O2. The van der Waals surface area contributed by atoms with Gasteiger partial charge in [-0.1, -0.05) is 18.2 Å². The maximum Gasteiger partial charge on any atom is 0.253 e. The van der Waals surface area contributed by atoms with Gasteiger partial charge in [-0.25, -0.2) is 0 Å². The van der Waals surface area contributed by atoms with Crippen molar-refractivity contribution in [1.29, 1.82) is 0 Å². The number of methoxy groups -OCH3 is 1. The third kappa shape index (κ3) is 5.17.